The number of nitrogens with zero attached hydrogens (tertiary/aromatic N) is 1. The van der Waals surface area contributed by atoms with Gasteiger partial charge in [0.05, 0.1) is 5.75 Å². The minimum Gasteiger partial charge on any atom is -0.351 e. The summed E-state index contributed by atoms with van der Waals surface area (Å²) in [5, 5.41) is 0.532. The number of Topliss-reactive ketones (excluding diaryl/α,β-unsaturated/α-hetero) is 1. The summed E-state index contributed by atoms with van der Waals surface area (Å²) in [4.78, 5) is 12.1. The maximum absolute atomic E-state index is 12.1. The van der Waals surface area contributed by atoms with Gasteiger partial charge in [0.25, 0.3) is 0 Å². The Bertz CT molecular complexity index is 407. The number of aryl methyl sites for hydroxylation is 1. The van der Waals surface area contributed by atoms with Crippen molar-refractivity contribution in [1.29, 1.82) is 0 Å². The molecule has 0 saturated carbocycles. The topological polar surface area (TPSA) is 22.0 Å². The lowest BCUT2D eigenvalue weighted by Gasteiger charge is -2.14. The molecule has 1 atom stereocenters. The summed E-state index contributed by atoms with van der Waals surface area (Å²) >= 11 is 1.75. The van der Waals surface area contributed by atoms with Gasteiger partial charge in [-0.3, -0.25) is 4.79 Å². The average molecular weight is 253 g/mol. The number of carbonyl (C=O) groups excluding carboxylic acids is 1. The first-order chi connectivity index (χ1) is 7.84. The van der Waals surface area contributed by atoms with Gasteiger partial charge in [-0.2, -0.15) is 11.8 Å². The van der Waals surface area contributed by atoms with Crippen LogP contribution in [0, 0.1) is 19.8 Å². The van der Waals surface area contributed by atoms with E-state index in [9.17, 15) is 4.79 Å². The molecule has 0 N–H and O–H groups in total. The molecule has 3 heteroatoms. The quantitative estimate of drug-likeness (QED) is 0.748. The summed E-state index contributed by atoms with van der Waals surface area (Å²) in [5.41, 5.74) is 3.10. The Morgan fingerprint density at radius 1 is 1.35 bits per heavy atom. The van der Waals surface area contributed by atoms with Gasteiger partial charge in [-0.1, -0.05) is 20.8 Å². The highest BCUT2D eigenvalue weighted by atomic mass is 32.2. The minimum atomic E-state index is 0.253. The minimum absolute atomic E-state index is 0.253. The number of ketones is 1. The van der Waals surface area contributed by atoms with E-state index in [4.69, 9.17) is 0 Å². The molecule has 0 saturated heterocycles. The Labute approximate surface area is 109 Å². The molecule has 0 fully saturated rings. The summed E-state index contributed by atoms with van der Waals surface area (Å²) in [7, 11) is 2.01. The standard InChI is InChI=1S/C14H23NOS/c1-9(2)12(5)17-8-14(16)13-7-10(3)15(6)11(13)4/h7,9,12H,8H2,1-6H3. The molecule has 0 aliphatic carbocycles. The molecule has 0 aliphatic heterocycles. The van der Waals surface area contributed by atoms with Crippen molar-refractivity contribution in [3.63, 3.8) is 0 Å². The van der Waals surface area contributed by atoms with Crippen LogP contribution in [0.3, 0.4) is 0 Å². The molecule has 0 spiro atoms. The molecule has 0 bridgehead atoms. The van der Waals surface area contributed by atoms with Crippen LogP contribution in [0.1, 0.15) is 42.5 Å². The first kappa shape index (κ1) is 14.4. The number of carbonyl (C=O) groups is 1. The first-order valence-electron chi connectivity index (χ1n) is 6.12. The third-order valence-electron chi connectivity index (χ3n) is 3.49. The molecule has 1 rings (SSSR count). The Morgan fingerprint density at radius 2 is 1.94 bits per heavy atom. The third-order valence-corrected chi connectivity index (χ3v) is 4.99. The van der Waals surface area contributed by atoms with Crippen molar-refractivity contribution >= 4 is 17.5 Å². The second-order valence-corrected chi connectivity index (χ2v) is 6.39. The predicted octanol–water partition coefficient (Wildman–Crippen LogP) is 3.60. The van der Waals surface area contributed by atoms with Gasteiger partial charge in [0.2, 0.25) is 0 Å². The van der Waals surface area contributed by atoms with Crippen molar-refractivity contribution < 1.29 is 4.79 Å². The third kappa shape index (κ3) is 3.38. The summed E-state index contributed by atoms with van der Waals surface area (Å²) < 4.78 is 2.07. The maximum Gasteiger partial charge on any atom is 0.174 e. The molecule has 17 heavy (non-hydrogen) atoms. The highest BCUT2D eigenvalue weighted by molar-refractivity contribution is 8.00. The zero-order chi connectivity index (χ0) is 13.2. The summed E-state index contributed by atoms with van der Waals surface area (Å²) in [5.74, 6) is 1.46. The first-order valence-corrected chi connectivity index (χ1v) is 7.17. The molecule has 1 aromatic rings. The van der Waals surface area contributed by atoms with Gasteiger partial charge in [0.15, 0.2) is 5.78 Å². The second kappa shape index (κ2) is 5.76. The number of thioether (sulfide) groups is 1. The lowest BCUT2D eigenvalue weighted by atomic mass is 10.1. The number of aromatic nitrogens is 1. The molecule has 96 valence electrons. The molecule has 0 aromatic carbocycles. The Morgan fingerprint density at radius 3 is 2.35 bits per heavy atom. The Balaban J connectivity index is 2.68. The van der Waals surface area contributed by atoms with Gasteiger partial charge < -0.3 is 4.57 Å². The molecule has 1 heterocycles. The average Bonchev–Trinajstić information content (AvgIpc) is 2.53. The molecule has 0 radical (unpaired) electrons. The van der Waals surface area contributed by atoms with E-state index in [1.165, 1.54) is 0 Å². The van der Waals surface area contributed by atoms with Crippen molar-refractivity contribution in [2.45, 2.75) is 39.9 Å². The van der Waals surface area contributed by atoms with Gasteiger partial charge in [0, 0.05) is 29.2 Å². The molecule has 2 nitrogen and oxygen atoms in total. The summed E-state index contributed by atoms with van der Waals surface area (Å²) in [6.07, 6.45) is 0. The van der Waals surface area contributed by atoms with Crippen molar-refractivity contribution in [3.05, 3.63) is 23.0 Å². The van der Waals surface area contributed by atoms with E-state index in [1.807, 2.05) is 27.0 Å². The second-order valence-electron chi connectivity index (χ2n) is 5.03. The van der Waals surface area contributed by atoms with Crippen LogP contribution in [-0.2, 0) is 7.05 Å². The van der Waals surface area contributed by atoms with Crippen LogP contribution in [0.5, 0.6) is 0 Å². The normalized spacial score (nSPS) is 13.1. The molecular formula is C14H23NOS. The van der Waals surface area contributed by atoms with E-state index in [0.717, 1.165) is 17.0 Å². The van der Waals surface area contributed by atoms with Gasteiger partial charge >= 0.3 is 0 Å². The van der Waals surface area contributed by atoms with Crippen LogP contribution in [-0.4, -0.2) is 21.4 Å². The van der Waals surface area contributed by atoms with Crippen molar-refractivity contribution in [1.82, 2.24) is 4.57 Å². The fourth-order valence-corrected chi connectivity index (χ4v) is 2.57. The fourth-order valence-electron chi connectivity index (χ4n) is 1.61. The highest BCUT2D eigenvalue weighted by Crippen LogP contribution is 2.21. The smallest absolute Gasteiger partial charge is 0.174 e. The van der Waals surface area contributed by atoms with Crippen LogP contribution in [0.4, 0.5) is 0 Å². The lowest BCUT2D eigenvalue weighted by molar-refractivity contribution is 0.102. The SMILES string of the molecule is Cc1cc(C(=O)CSC(C)C(C)C)c(C)n1C. The van der Waals surface area contributed by atoms with Gasteiger partial charge in [-0.25, -0.2) is 0 Å². The van der Waals surface area contributed by atoms with E-state index >= 15 is 0 Å². The number of hydrogen-bond acceptors (Lipinski definition) is 2. The van der Waals surface area contributed by atoms with Gasteiger partial charge in [-0.15, -0.1) is 0 Å². The van der Waals surface area contributed by atoms with Crippen molar-refractivity contribution in [3.8, 4) is 0 Å². The Hall–Kier alpha value is -0.700. The highest BCUT2D eigenvalue weighted by Gasteiger charge is 2.16. The zero-order valence-electron chi connectivity index (χ0n) is 11.7. The van der Waals surface area contributed by atoms with E-state index in [1.54, 1.807) is 11.8 Å². The van der Waals surface area contributed by atoms with Crippen LogP contribution in [0.25, 0.3) is 0 Å². The van der Waals surface area contributed by atoms with Crippen LogP contribution < -0.4 is 0 Å². The number of hydrogen-bond donors (Lipinski definition) is 0. The maximum atomic E-state index is 12.1. The number of rotatable bonds is 5. The molecule has 1 unspecified atom stereocenters. The van der Waals surface area contributed by atoms with E-state index in [-0.39, 0.29) is 5.78 Å². The van der Waals surface area contributed by atoms with Gasteiger partial charge in [-0.05, 0) is 25.8 Å². The monoisotopic (exact) mass is 253 g/mol. The largest absolute Gasteiger partial charge is 0.351 e. The van der Waals surface area contributed by atoms with E-state index in [0.29, 0.717) is 16.9 Å². The van der Waals surface area contributed by atoms with Crippen molar-refractivity contribution in [2.24, 2.45) is 13.0 Å². The lowest BCUT2D eigenvalue weighted by Crippen LogP contribution is -2.11. The van der Waals surface area contributed by atoms with Gasteiger partial charge in [0.1, 0.15) is 0 Å². The Kier molecular flexibility index (Phi) is 4.87. The van der Waals surface area contributed by atoms with E-state index < -0.39 is 0 Å². The molecule has 1 aromatic heterocycles. The van der Waals surface area contributed by atoms with Crippen LogP contribution in [0.15, 0.2) is 6.07 Å². The van der Waals surface area contributed by atoms with Crippen molar-refractivity contribution in [2.75, 3.05) is 5.75 Å². The molecule has 0 amide bonds. The predicted molar refractivity (Wildman–Crippen MR) is 76.0 cm³/mol. The summed E-state index contributed by atoms with van der Waals surface area (Å²) in [6, 6.07) is 2.00. The summed E-state index contributed by atoms with van der Waals surface area (Å²) in [6.45, 7) is 10.6. The van der Waals surface area contributed by atoms with Crippen LogP contribution >= 0.6 is 11.8 Å². The molecule has 0 aliphatic rings. The van der Waals surface area contributed by atoms with E-state index in [2.05, 4.69) is 25.3 Å². The van der Waals surface area contributed by atoms with Crippen LogP contribution in [0.2, 0.25) is 0 Å². The zero-order valence-corrected chi connectivity index (χ0v) is 12.5. The fraction of sp³-hybridized carbons (Fsp3) is 0.643. The molecular weight excluding hydrogens is 230 g/mol.